The van der Waals surface area contributed by atoms with Gasteiger partial charge in [-0.3, -0.25) is 4.79 Å². The van der Waals surface area contributed by atoms with E-state index in [9.17, 15) is 17.6 Å². The van der Waals surface area contributed by atoms with Crippen LogP contribution in [0.2, 0.25) is 0 Å². The minimum absolute atomic E-state index is 0.0853. The molecule has 1 aromatic carbocycles. The van der Waals surface area contributed by atoms with Gasteiger partial charge in [0.15, 0.2) is 9.84 Å². The number of hydrogen-bond acceptors (Lipinski definition) is 3. The highest BCUT2D eigenvalue weighted by atomic mass is 32.2. The van der Waals surface area contributed by atoms with Crippen molar-refractivity contribution in [3.63, 3.8) is 0 Å². The number of hydrogen-bond donors (Lipinski definition) is 0. The van der Waals surface area contributed by atoms with Crippen molar-refractivity contribution in [1.82, 2.24) is 4.90 Å². The van der Waals surface area contributed by atoms with E-state index in [1.54, 1.807) is 23.1 Å². The molecule has 1 aliphatic rings. The van der Waals surface area contributed by atoms with Crippen LogP contribution in [0, 0.1) is 11.7 Å². The molecule has 2 rings (SSSR count). The number of amides is 1. The minimum Gasteiger partial charge on any atom is -0.341 e. The molecular formula is C18H26FNO3S. The summed E-state index contributed by atoms with van der Waals surface area (Å²) in [5.74, 6) is -0.152. The molecule has 1 atom stereocenters. The van der Waals surface area contributed by atoms with E-state index < -0.39 is 15.1 Å². The lowest BCUT2D eigenvalue weighted by Gasteiger charge is -2.33. The highest BCUT2D eigenvalue weighted by Crippen LogP contribution is 2.21. The van der Waals surface area contributed by atoms with Crippen molar-refractivity contribution in [3.8, 4) is 0 Å². The summed E-state index contributed by atoms with van der Waals surface area (Å²) in [5.41, 5.74) is 0.520. The SMILES string of the molecule is CC(C)CS(=O)(=O)C1CCCN(C(=O)CCc2ccccc2F)C1. The third-order valence-electron chi connectivity index (χ3n) is 4.37. The number of likely N-dealkylation sites (tertiary alicyclic amines) is 1. The Kier molecular flexibility index (Phi) is 6.38. The van der Waals surface area contributed by atoms with Crippen molar-refractivity contribution in [2.24, 2.45) is 5.92 Å². The Labute approximate surface area is 144 Å². The van der Waals surface area contributed by atoms with Crippen LogP contribution in [0.5, 0.6) is 0 Å². The molecule has 1 aliphatic heterocycles. The van der Waals surface area contributed by atoms with Crippen molar-refractivity contribution in [2.45, 2.75) is 44.8 Å². The Morgan fingerprint density at radius 2 is 2.04 bits per heavy atom. The van der Waals surface area contributed by atoms with Crippen molar-refractivity contribution in [1.29, 1.82) is 0 Å². The van der Waals surface area contributed by atoms with Gasteiger partial charge in [-0.05, 0) is 36.8 Å². The Morgan fingerprint density at radius 3 is 2.71 bits per heavy atom. The Bertz CT molecular complexity index is 673. The summed E-state index contributed by atoms with van der Waals surface area (Å²) < 4.78 is 38.4. The van der Waals surface area contributed by atoms with Crippen molar-refractivity contribution >= 4 is 15.7 Å². The fourth-order valence-electron chi connectivity index (χ4n) is 3.16. The zero-order valence-electron chi connectivity index (χ0n) is 14.4. The summed E-state index contributed by atoms with van der Waals surface area (Å²) in [6.45, 7) is 4.63. The van der Waals surface area contributed by atoms with Gasteiger partial charge in [-0.1, -0.05) is 32.0 Å². The summed E-state index contributed by atoms with van der Waals surface area (Å²) in [5, 5.41) is -0.467. The summed E-state index contributed by atoms with van der Waals surface area (Å²) in [6, 6.07) is 6.43. The maximum absolute atomic E-state index is 13.6. The predicted molar refractivity (Wildman–Crippen MR) is 92.9 cm³/mol. The third-order valence-corrected chi connectivity index (χ3v) is 6.90. The Morgan fingerprint density at radius 1 is 1.33 bits per heavy atom. The maximum atomic E-state index is 13.6. The third kappa shape index (κ3) is 5.03. The largest absolute Gasteiger partial charge is 0.341 e. The van der Waals surface area contributed by atoms with E-state index in [0.717, 1.165) is 0 Å². The zero-order valence-corrected chi connectivity index (χ0v) is 15.2. The molecule has 0 radical (unpaired) electrons. The standard InChI is InChI=1S/C18H26FNO3S/c1-14(2)13-24(22,23)16-7-5-11-20(12-16)18(21)10-9-15-6-3-4-8-17(15)19/h3-4,6,8,14,16H,5,7,9-13H2,1-2H3. The molecule has 0 aliphatic carbocycles. The van der Waals surface area contributed by atoms with Gasteiger partial charge < -0.3 is 4.90 Å². The molecule has 0 aromatic heterocycles. The first-order chi connectivity index (χ1) is 11.3. The predicted octanol–water partition coefficient (Wildman–Crippen LogP) is 2.82. The molecule has 1 saturated heterocycles. The number of sulfone groups is 1. The van der Waals surface area contributed by atoms with Gasteiger partial charge in [0.25, 0.3) is 0 Å². The number of carbonyl (C=O) groups excluding carboxylic acids is 1. The number of benzene rings is 1. The van der Waals surface area contributed by atoms with Gasteiger partial charge in [-0.15, -0.1) is 0 Å². The topological polar surface area (TPSA) is 54.5 Å². The van der Waals surface area contributed by atoms with Gasteiger partial charge in [0.05, 0.1) is 11.0 Å². The lowest BCUT2D eigenvalue weighted by atomic mass is 10.1. The monoisotopic (exact) mass is 355 g/mol. The van der Waals surface area contributed by atoms with Gasteiger partial charge in [0, 0.05) is 19.5 Å². The van der Waals surface area contributed by atoms with Gasteiger partial charge in [-0.2, -0.15) is 0 Å². The summed E-state index contributed by atoms with van der Waals surface area (Å²) in [6.07, 6.45) is 1.86. The number of nitrogens with zero attached hydrogens (tertiary/aromatic N) is 1. The molecule has 1 amide bonds. The molecule has 0 spiro atoms. The quantitative estimate of drug-likeness (QED) is 0.788. The number of rotatable bonds is 6. The van der Waals surface area contributed by atoms with E-state index in [2.05, 4.69) is 0 Å². The lowest BCUT2D eigenvalue weighted by Crippen LogP contribution is -2.46. The number of piperidine rings is 1. The molecular weight excluding hydrogens is 329 g/mol. The highest BCUT2D eigenvalue weighted by molar-refractivity contribution is 7.92. The van der Waals surface area contributed by atoms with Crippen LogP contribution in [0.4, 0.5) is 4.39 Å². The molecule has 1 aromatic rings. The second-order valence-corrected chi connectivity index (χ2v) is 9.24. The van der Waals surface area contributed by atoms with E-state index in [0.29, 0.717) is 31.4 Å². The van der Waals surface area contributed by atoms with E-state index in [1.165, 1.54) is 6.07 Å². The van der Waals surface area contributed by atoms with Gasteiger partial charge >= 0.3 is 0 Å². The second-order valence-electron chi connectivity index (χ2n) is 6.92. The smallest absolute Gasteiger partial charge is 0.222 e. The fourth-order valence-corrected chi connectivity index (χ4v) is 5.29. The molecule has 0 bridgehead atoms. The molecule has 6 heteroatoms. The minimum atomic E-state index is -3.18. The molecule has 134 valence electrons. The normalized spacial score (nSPS) is 18.8. The number of carbonyl (C=O) groups is 1. The molecule has 1 heterocycles. The zero-order chi connectivity index (χ0) is 17.7. The van der Waals surface area contributed by atoms with Crippen LogP contribution in [0.1, 0.15) is 38.7 Å². The molecule has 24 heavy (non-hydrogen) atoms. The summed E-state index contributed by atoms with van der Waals surface area (Å²) >= 11 is 0. The van der Waals surface area contributed by atoms with Crippen LogP contribution in [0.25, 0.3) is 0 Å². The Balaban J connectivity index is 1.94. The molecule has 0 saturated carbocycles. The van der Waals surface area contributed by atoms with Crippen LogP contribution in [-0.4, -0.2) is 43.3 Å². The van der Waals surface area contributed by atoms with E-state index in [4.69, 9.17) is 0 Å². The van der Waals surface area contributed by atoms with Crippen LogP contribution in [0.3, 0.4) is 0 Å². The highest BCUT2D eigenvalue weighted by Gasteiger charge is 2.32. The number of halogens is 1. The van der Waals surface area contributed by atoms with Gasteiger partial charge in [0.1, 0.15) is 5.82 Å². The summed E-state index contributed by atoms with van der Waals surface area (Å²) in [7, 11) is -3.18. The van der Waals surface area contributed by atoms with E-state index >= 15 is 0 Å². The average Bonchev–Trinajstić information content (AvgIpc) is 2.53. The molecule has 1 fully saturated rings. The van der Waals surface area contributed by atoms with Crippen molar-refractivity contribution in [3.05, 3.63) is 35.6 Å². The van der Waals surface area contributed by atoms with Crippen LogP contribution < -0.4 is 0 Å². The first-order valence-electron chi connectivity index (χ1n) is 8.52. The van der Waals surface area contributed by atoms with Crippen molar-refractivity contribution in [2.75, 3.05) is 18.8 Å². The van der Waals surface area contributed by atoms with Crippen molar-refractivity contribution < 1.29 is 17.6 Å². The average molecular weight is 355 g/mol. The molecule has 0 N–H and O–H groups in total. The maximum Gasteiger partial charge on any atom is 0.222 e. The lowest BCUT2D eigenvalue weighted by molar-refractivity contribution is -0.131. The van der Waals surface area contributed by atoms with E-state index in [1.807, 2.05) is 13.8 Å². The fraction of sp³-hybridized carbons (Fsp3) is 0.611. The molecule has 4 nitrogen and oxygen atoms in total. The van der Waals surface area contributed by atoms with E-state index in [-0.39, 0.29) is 36.4 Å². The molecule has 1 unspecified atom stereocenters. The van der Waals surface area contributed by atoms with Crippen LogP contribution in [0.15, 0.2) is 24.3 Å². The Hall–Kier alpha value is -1.43. The first kappa shape index (κ1) is 18.9. The van der Waals surface area contributed by atoms with Crippen LogP contribution in [-0.2, 0) is 21.1 Å². The van der Waals surface area contributed by atoms with Gasteiger partial charge in [-0.25, -0.2) is 12.8 Å². The summed E-state index contributed by atoms with van der Waals surface area (Å²) in [4.78, 5) is 14.0. The first-order valence-corrected chi connectivity index (χ1v) is 10.2. The number of aryl methyl sites for hydroxylation is 1. The van der Waals surface area contributed by atoms with Crippen LogP contribution >= 0.6 is 0 Å². The second kappa shape index (κ2) is 8.10. The van der Waals surface area contributed by atoms with Gasteiger partial charge in [0.2, 0.25) is 5.91 Å².